The monoisotopic (exact) mass is 460 g/mol. The maximum atomic E-state index is 12.3. The minimum Gasteiger partial charge on any atom is -0.483 e. The first kappa shape index (κ1) is 25.9. The van der Waals surface area contributed by atoms with Gasteiger partial charge in [0.2, 0.25) is 5.91 Å². The van der Waals surface area contributed by atoms with Crippen molar-refractivity contribution in [2.24, 2.45) is 5.92 Å². The molecule has 2 rings (SSSR count). The lowest BCUT2D eigenvalue weighted by molar-refractivity contribution is -0.143. The summed E-state index contributed by atoms with van der Waals surface area (Å²) in [5.41, 5.74) is 1.56. The van der Waals surface area contributed by atoms with E-state index in [4.69, 9.17) is 9.15 Å². The van der Waals surface area contributed by atoms with Crippen LogP contribution in [-0.4, -0.2) is 42.1 Å². The number of hydrogen-bond acceptors (Lipinski definition) is 6. The minimum atomic E-state index is -1.12. The number of carboxylic acid groups (broad SMARTS) is 1. The van der Waals surface area contributed by atoms with Gasteiger partial charge < -0.3 is 24.9 Å². The van der Waals surface area contributed by atoms with Crippen molar-refractivity contribution in [2.45, 2.75) is 59.4 Å². The zero-order valence-corrected chi connectivity index (χ0v) is 19.5. The van der Waals surface area contributed by atoms with Crippen LogP contribution in [0.4, 0.5) is 0 Å². The van der Waals surface area contributed by atoms with Gasteiger partial charge in [-0.1, -0.05) is 33.6 Å². The van der Waals surface area contributed by atoms with E-state index >= 15 is 0 Å². The van der Waals surface area contributed by atoms with Crippen molar-refractivity contribution in [3.8, 4) is 5.75 Å². The Hall–Kier alpha value is -3.36. The van der Waals surface area contributed by atoms with E-state index in [9.17, 15) is 24.3 Å². The fraction of sp³-hybridized carbons (Fsp3) is 0.500. The molecule has 2 aromatic rings. The van der Waals surface area contributed by atoms with Crippen LogP contribution < -0.4 is 21.0 Å². The van der Waals surface area contributed by atoms with Crippen molar-refractivity contribution in [2.75, 3.05) is 13.2 Å². The maximum absolute atomic E-state index is 12.3. The van der Waals surface area contributed by atoms with E-state index in [0.29, 0.717) is 29.6 Å². The van der Waals surface area contributed by atoms with Crippen molar-refractivity contribution in [1.82, 2.24) is 10.6 Å². The number of carbonyl (C=O) groups excluding carboxylic acids is 2. The summed E-state index contributed by atoms with van der Waals surface area (Å²) in [6, 6.07) is 3.94. The van der Waals surface area contributed by atoms with Gasteiger partial charge in [-0.05, 0) is 48.9 Å². The third-order valence-electron chi connectivity index (χ3n) is 5.43. The highest BCUT2D eigenvalue weighted by Crippen LogP contribution is 2.30. The molecular formula is C24H32N2O7. The highest BCUT2D eigenvalue weighted by Gasteiger charge is 2.25. The van der Waals surface area contributed by atoms with Crippen LogP contribution in [0.15, 0.2) is 27.4 Å². The van der Waals surface area contributed by atoms with Crippen molar-refractivity contribution in [1.29, 1.82) is 0 Å². The van der Waals surface area contributed by atoms with Crippen molar-refractivity contribution in [3.63, 3.8) is 0 Å². The Morgan fingerprint density at radius 1 is 1.15 bits per heavy atom. The summed E-state index contributed by atoms with van der Waals surface area (Å²) in [5, 5.41) is 14.8. The molecule has 1 aromatic heterocycles. The van der Waals surface area contributed by atoms with Crippen molar-refractivity contribution < 1.29 is 28.6 Å². The number of nitrogens with one attached hydrogen (secondary N) is 2. The van der Waals surface area contributed by atoms with Gasteiger partial charge in [0, 0.05) is 6.07 Å². The Morgan fingerprint density at radius 2 is 1.88 bits per heavy atom. The molecule has 0 saturated heterocycles. The standard InChI is InChI=1S/C24H32N2O7/c1-5-7-8-16-11-21(29)33-18-10-14(3)9-17(22(16)18)32-13-20(28)25-12-19(27)26-23(24(30)31)15(4)6-2/h9-11,15,23H,5-8,12-13H2,1-4H3,(H,25,28)(H,26,27)(H,30,31)/t15-,23-/m1/s1. The van der Waals surface area contributed by atoms with Gasteiger partial charge in [-0.2, -0.15) is 0 Å². The molecule has 0 aliphatic carbocycles. The van der Waals surface area contributed by atoms with E-state index in [1.165, 1.54) is 6.07 Å². The molecule has 3 N–H and O–H groups in total. The van der Waals surface area contributed by atoms with Crippen LogP contribution in [0.1, 0.15) is 51.2 Å². The molecule has 0 radical (unpaired) electrons. The van der Waals surface area contributed by atoms with Crippen LogP contribution in [-0.2, 0) is 20.8 Å². The molecule has 0 aliphatic heterocycles. The van der Waals surface area contributed by atoms with Crippen molar-refractivity contribution >= 4 is 28.8 Å². The quantitative estimate of drug-likeness (QED) is 0.414. The Kier molecular flexibility index (Phi) is 9.44. The fourth-order valence-corrected chi connectivity index (χ4v) is 3.43. The predicted molar refractivity (Wildman–Crippen MR) is 123 cm³/mol. The van der Waals surface area contributed by atoms with E-state index < -0.39 is 29.5 Å². The first-order valence-corrected chi connectivity index (χ1v) is 11.1. The molecule has 0 bridgehead atoms. The van der Waals surface area contributed by atoms with Crippen LogP contribution in [0.25, 0.3) is 11.0 Å². The SMILES string of the molecule is CCCCc1cc(=O)oc2cc(C)cc(OCC(=O)NCC(=O)N[C@@H](C(=O)O)[C@H](C)CC)c12. The normalized spacial score (nSPS) is 12.7. The molecule has 9 heteroatoms. The average molecular weight is 461 g/mol. The van der Waals surface area contributed by atoms with E-state index in [0.717, 1.165) is 24.0 Å². The topological polar surface area (TPSA) is 135 Å². The van der Waals surface area contributed by atoms with E-state index in [1.807, 2.05) is 13.8 Å². The number of amides is 2. The Labute approximate surface area is 192 Å². The lowest BCUT2D eigenvalue weighted by Gasteiger charge is -2.20. The minimum absolute atomic E-state index is 0.248. The van der Waals surface area contributed by atoms with Gasteiger partial charge in [0.05, 0.1) is 11.9 Å². The molecule has 0 aliphatic rings. The van der Waals surface area contributed by atoms with Gasteiger partial charge in [-0.3, -0.25) is 9.59 Å². The summed E-state index contributed by atoms with van der Waals surface area (Å²) in [6.45, 7) is 6.72. The number of aliphatic carboxylic acids is 1. The van der Waals surface area contributed by atoms with Gasteiger partial charge in [0.15, 0.2) is 6.61 Å². The second-order valence-electron chi connectivity index (χ2n) is 8.16. The average Bonchev–Trinajstić information content (AvgIpc) is 2.76. The number of rotatable bonds is 12. The second kappa shape index (κ2) is 12.0. The summed E-state index contributed by atoms with van der Waals surface area (Å²) in [4.78, 5) is 47.6. The second-order valence-corrected chi connectivity index (χ2v) is 8.16. The molecule has 180 valence electrons. The number of fused-ring (bicyclic) bond motifs is 1. The highest BCUT2D eigenvalue weighted by molar-refractivity contribution is 5.90. The molecule has 2 amide bonds. The summed E-state index contributed by atoms with van der Waals surface area (Å²) >= 11 is 0. The number of hydrogen-bond donors (Lipinski definition) is 3. The number of ether oxygens (including phenoxy) is 1. The Bertz CT molecular complexity index is 1060. The van der Waals surface area contributed by atoms with E-state index in [-0.39, 0.29) is 19.1 Å². The van der Waals surface area contributed by atoms with Crippen molar-refractivity contribution in [3.05, 3.63) is 39.7 Å². The Balaban J connectivity index is 2.06. The van der Waals surface area contributed by atoms with Crippen LogP contribution in [0.5, 0.6) is 5.75 Å². The van der Waals surface area contributed by atoms with Gasteiger partial charge in [0.1, 0.15) is 17.4 Å². The zero-order chi connectivity index (χ0) is 24.5. The van der Waals surface area contributed by atoms with Crippen LogP contribution >= 0.6 is 0 Å². The third kappa shape index (κ3) is 7.34. The third-order valence-corrected chi connectivity index (χ3v) is 5.43. The van der Waals surface area contributed by atoms with Crippen LogP contribution in [0.3, 0.4) is 0 Å². The summed E-state index contributed by atoms with van der Waals surface area (Å²) in [7, 11) is 0. The van der Waals surface area contributed by atoms with Gasteiger partial charge >= 0.3 is 11.6 Å². The van der Waals surface area contributed by atoms with E-state index in [2.05, 4.69) is 17.6 Å². The van der Waals surface area contributed by atoms with Gasteiger partial charge in [0.25, 0.3) is 5.91 Å². The number of benzene rings is 1. The van der Waals surface area contributed by atoms with Crippen LogP contribution in [0, 0.1) is 12.8 Å². The maximum Gasteiger partial charge on any atom is 0.336 e. The molecular weight excluding hydrogens is 428 g/mol. The molecule has 0 saturated carbocycles. The lowest BCUT2D eigenvalue weighted by Crippen LogP contribution is -2.48. The first-order chi connectivity index (χ1) is 15.7. The fourth-order valence-electron chi connectivity index (χ4n) is 3.43. The lowest BCUT2D eigenvalue weighted by atomic mass is 9.99. The molecule has 0 unspecified atom stereocenters. The molecule has 0 spiro atoms. The molecule has 1 heterocycles. The number of unbranched alkanes of at least 4 members (excludes halogenated alkanes) is 1. The smallest absolute Gasteiger partial charge is 0.336 e. The number of carbonyl (C=O) groups is 3. The largest absolute Gasteiger partial charge is 0.483 e. The number of aryl methyl sites for hydroxylation is 2. The zero-order valence-electron chi connectivity index (χ0n) is 19.5. The summed E-state index contributed by atoms with van der Waals surface area (Å²) in [6.07, 6.45) is 3.09. The predicted octanol–water partition coefficient (Wildman–Crippen LogP) is 2.55. The van der Waals surface area contributed by atoms with Gasteiger partial charge in [-0.15, -0.1) is 0 Å². The molecule has 1 aromatic carbocycles. The summed E-state index contributed by atoms with van der Waals surface area (Å²) < 4.78 is 11.1. The van der Waals surface area contributed by atoms with E-state index in [1.54, 1.807) is 19.1 Å². The molecule has 0 fully saturated rings. The number of carboxylic acids is 1. The van der Waals surface area contributed by atoms with Crippen LogP contribution in [0.2, 0.25) is 0 Å². The molecule has 2 atom stereocenters. The van der Waals surface area contributed by atoms with Gasteiger partial charge in [-0.25, -0.2) is 9.59 Å². The Morgan fingerprint density at radius 3 is 2.52 bits per heavy atom. The summed E-state index contributed by atoms with van der Waals surface area (Å²) in [5.74, 6) is -2.09. The highest BCUT2D eigenvalue weighted by atomic mass is 16.5. The molecule has 33 heavy (non-hydrogen) atoms. The molecule has 9 nitrogen and oxygen atoms in total. The first-order valence-electron chi connectivity index (χ1n) is 11.1.